The number of rotatable bonds is 1. The molecule has 15 heavy (non-hydrogen) atoms. The Morgan fingerprint density at radius 1 is 1.33 bits per heavy atom. The molecule has 1 fully saturated rings. The molecule has 1 rings (SSSR count). The molecule has 0 radical (unpaired) electrons. The third kappa shape index (κ3) is 3.47. The molecule has 0 amide bonds. The molecule has 4 N–H and O–H groups in total. The summed E-state index contributed by atoms with van der Waals surface area (Å²) >= 11 is 0. The number of hydrogen-bond acceptors (Lipinski definition) is 4. The van der Waals surface area contributed by atoms with Crippen molar-refractivity contribution in [1.29, 1.82) is 0 Å². The van der Waals surface area contributed by atoms with Crippen LogP contribution >= 0.6 is 0 Å². The second kappa shape index (κ2) is 4.10. The smallest absolute Gasteiger partial charge is 0.312 e. The molecular formula is C11H22N2O2. The van der Waals surface area contributed by atoms with E-state index < -0.39 is 11.3 Å². The first kappa shape index (κ1) is 12.5. The van der Waals surface area contributed by atoms with E-state index in [1.54, 1.807) is 0 Å². The fraction of sp³-hybridized carbons (Fsp3) is 0.909. The van der Waals surface area contributed by atoms with E-state index in [9.17, 15) is 4.79 Å². The van der Waals surface area contributed by atoms with Gasteiger partial charge in [0.1, 0.15) is 5.60 Å². The zero-order valence-corrected chi connectivity index (χ0v) is 9.88. The van der Waals surface area contributed by atoms with Crippen LogP contribution in [0.4, 0.5) is 0 Å². The molecule has 1 aliphatic carbocycles. The van der Waals surface area contributed by atoms with Gasteiger partial charge in [-0.2, -0.15) is 0 Å². The third-order valence-electron chi connectivity index (χ3n) is 2.69. The minimum absolute atomic E-state index is 0.257. The quantitative estimate of drug-likeness (QED) is 0.506. The normalized spacial score (nSPS) is 26.1. The van der Waals surface area contributed by atoms with Crippen molar-refractivity contribution in [3.05, 3.63) is 0 Å². The molecular weight excluding hydrogens is 192 g/mol. The van der Waals surface area contributed by atoms with Crippen molar-refractivity contribution in [3.63, 3.8) is 0 Å². The van der Waals surface area contributed by atoms with E-state index in [-0.39, 0.29) is 11.9 Å². The van der Waals surface area contributed by atoms with Crippen molar-refractivity contribution < 1.29 is 9.53 Å². The Hall–Kier alpha value is -0.610. The molecule has 0 spiro atoms. The van der Waals surface area contributed by atoms with E-state index in [0.717, 1.165) is 19.3 Å². The highest BCUT2D eigenvalue weighted by molar-refractivity contribution is 5.74. The van der Waals surface area contributed by atoms with E-state index >= 15 is 0 Å². The summed E-state index contributed by atoms with van der Waals surface area (Å²) in [5.74, 6) is -0.613. The number of carbonyl (C=O) groups is 1. The van der Waals surface area contributed by atoms with Gasteiger partial charge in [0.05, 0.1) is 11.6 Å². The van der Waals surface area contributed by atoms with Gasteiger partial charge in [-0.15, -0.1) is 0 Å². The summed E-state index contributed by atoms with van der Waals surface area (Å²) < 4.78 is 5.31. The van der Waals surface area contributed by atoms with Crippen LogP contribution in [0.25, 0.3) is 0 Å². The van der Waals surface area contributed by atoms with Crippen LogP contribution in [0.3, 0.4) is 0 Å². The highest BCUT2D eigenvalue weighted by Gasteiger charge is 2.40. The average molecular weight is 214 g/mol. The Labute approximate surface area is 91.3 Å². The number of carbonyl (C=O) groups excluding carboxylic acids is 1. The minimum atomic E-state index is -0.888. The van der Waals surface area contributed by atoms with Crippen molar-refractivity contribution in [1.82, 2.24) is 0 Å². The Morgan fingerprint density at radius 2 is 1.93 bits per heavy atom. The number of esters is 1. The van der Waals surface area contributed by atoms with Crippen molar-refractivity contribution in [2.75, 3.05) is 0 Å². The van der Waals surface area contributed by atoms with Crippen LogP contribution in [0.1, 0.15) is 46.5 Å². The fourth-order valence-electron chi connectivity index (χ4n) is 1.93. The van der Waals surface area contributed by atoms with Gasteiger partial charge < -0.3 is 16.2 Å². The summed E-state index contributed by atoms with van der Waals surface area (Å²) in [6, 6.07) is 0. The lowest BCUT2D eigenvalue weighted by atomic mass is 9.80. The number of nitrogens with two attached hydrogens (primary N) is 2. The van der Waals surface area contributed by atoms with Crippen molar-refractivity contribution in [2.24, 2.45) is 17.4 Å². The van der Waals surface area contributed by atoms with Crippen molar-refractivity contribution >= 4 is 5.97 Å². The fourth-order valence-corrected chi connectivity index (χ4v) is 1.93. The molecule has 88 valence electrons. The monoisotopic (exact) mass is 214 g/mol. The van der Waals surface area contributed by atoms with E-state index in [4.69, 9.17) is 16.2 Å². The molecule has 0 heterocycles. The molecule has 4 heteroatoms. The molecule has 4 nitrogen and oxygen atoms in total. The maximum atomic E-state index is 11.8. The maximum absolute atomic E-state index is 11.8. The highest BCUT2D eigenvalue weighted by atomic mass is 16.6. The van der Waals surface area contributed by atoms with E-state index in [1.807, 2.05) is 20.8 Å². The van der Waals surface area contributed by atoms with Crippen LogP contribution in [0.15, 0.2) is 0 Å². The predicted octanol–water partition coefficient (Wildman–Crippen LogP) is 1.13. The minimum Gasteiger partial charge on any atom is -0.460 e. The van der Waals surface area contributed by atoms with Crippen LogP contribution in [-0.4, -0.2) is 17.2 Å². The van der Waals surface area contributed by atoms with Gasteiger partial charge in [0.2, 0.25) is 0 Å². The summed E-state index contributed by atoms with van der Waals surface area (Å²) in [5.41, 5.74) is 10.5. The summed E-state index contributed by atoms with van der Waals surface area (Å²) in [5, 5.41) is 0. The second-order valence-electron chi connectivity index (χ2n) is 5.44. The zero-order valence-electron chi connectivity index (χ0n) is 9.88. The molecule has 1 unspecified atom stereocenters. The molecule has 0 saturated heterocycles. The third-order valence-corrected chi connectivity index (χ3v) is 2.69. The number of hydrogen-bond donors (Lipinski definition) is 2. The average Bonchev–Trinajstić information content (AvgIpc) is 1.99. The van der Waals surface area contributed by atoms with Gasteiger partial charge in [0, 0.05) is 0 Å². The molecule has 0 bridgehead atoms. The van der Waals surface area contributed by atoms with Crippen molar-refractivity contribution in [2.45, 2.75) is 57.7 Å². The summed E-state index contributed by atoms with van der Waals surface area (Å²) in [7, 11) is 0. The van der Waals surface area contributed by atoms with Gasteiger partial charge in [-0.1, -0.05) is 12.8 Å². The lowest BCUT2D eigenvalue weighted by Crippen LogP contribution is -2.60. The summed E-state index contributed by atoms with van der Waals surface area (Å²) in [6.07, 6.45) is 3.42. The molecule has 0 aromatic carbocycles. The van der Waals surface area contributed by atoms with Gasteiger partial charge in [0.25, 0.3) is 0 Å². The molecule has 1 aliphatic rings. The second-order valence-corrected chi connectivity index (χ2v) is 5.44. The SMILES string of the molecule is CC(C)(C)OC(=O)C1CCCCC1(N)N. The molecule has 0 aliphatic heterocycles. The Bertz CT molecular complexity index is 243. The topological polar surface area (TPSA) is 78.3 Å². The Balaban J connectivity index is 2.65. The van der Waals surface area contributed by atoms with E-state index in [2.05, 4.69) is 0 Å². The first-order valence-corrected chi connectivity index (χ1v) is 5.53. The van der Waals surface area contributed by atoms with Crippen molar-refractivity contribution in [3.8, 4) is 0 Å². The van der Waals surface area contributed by atoms with E-state index in [0.29, 0.717) is 6.42 Å². The van der Waals surface area contributed by atoms with Gasteiger partial charge in [-0.05, 0) is 33.6 Å². The standard InChI is InChI=1S/C11H22N2O2/c1-10(2,3)15-9(14)8-6-4-5-7-11(8,12)13/h8H,4-7,12-13H2,1-3H3. The van der Waals surface area contributed by atoms with Crippen LogP contribution in [0.2, 0.25) is 0 Å². The lowest BCUT2D eigenvalue weighted by molar-refractivity contribution is -0.163. The molecule has 0 aromatic heterocycles. The van der Waals surface area contributed by atoms with Gasteiger partial charge in [0.15, 0.2) is 0 Å². The van der Waals surface area contributed by atoms with Crippen LogP contribution in [0, 0.1) is 5.92 Å². The molecule has 1 atom stereocenters. The Morgan fingerprint density at radius 3 is 2.40 bits per heavy atom. The summed E-state index contributed by atoms with van der Waals surface area (Å²) in [6.45, 7) is 5.55. The lowest BCUT2D eigenvalue weighted by Gasteiger charge is -2.37. The molecule has 0 aromatic rings. The van der Waals surface area contributed by atoms with Gasteiger partial charge in [-0.25, -0.2) is 0 Å². The zero-order chi connectivity index (χ0) is 11.7. The van der Waals surface area contributed by atoms with Gasteiger partial charge in [-0.3, -0.25) is 4.79 Å². The number of ether oxygens (including phenoxy) is 1. The summed E-state index contributed by atoms with van der Waals surface area (Å²) in [4.78, 5) is 11.8. The maximum Gasteiger partial charge on any atom is 0.312 e. The van der Waals surface area contributed by atoms with Crippen LogP contribution in [0.5, 0.6) is 0 Å². The molecule has 1 saturated carbocycles. The largest absolute Gasteiger partial charge is 0.460 e. The first-order chi connectivity index (χ1) is 6.72. The highest BCUT2D eigenvalue weighted by Crippen LogP contribution is 2.30. The van der Waals surface area contributed by atoms with E-state index in [1.165, 1.54) is 0 Å². The van der Waals surface area contributed by atoms with Crippen LogP contribution < -0.4 is 11.5 Å². The predicted molar refractivity (Wildman–Crippen MR) is 58.9 cm³/mol. The first-order valence-electron chi connectivity index (χ1n) is 5.53. The van der Waals surface area contributed by atoms with Gasteiger partial charge >= 0.3 is 5.97 Å². The van der Waals surface area contributed by atoms with Crippen LogP contribution in [-0.2, 0) is 9.53 Å². The Kier molecular flexibility index (Phi) is 3.41.